The smallest absolute Gasteiger partial charge is 0.343 e. The fourth-order valence-electron chi connectivity index (χ4n) is 8.19. The zero-order valence-electron chi connectivity index (χ0n) is 39.3. The molecule has 0 bridgehead atoms. The van der Waals surface area contributed by atoms with Crippen LogP contribution in [0.15, 0.2) is 284 Å². The van der Waals surface area contributed by atoms with Crippen LogP contribution in [0.25, 0.3) is 22.5 Å². The Hall–Kier alpha value is -6.14. The van der Waals surface area contributed by atoms with Crippen molar-refractivity contribution in [1.82, 2.24) is 9.97 Å². The van der Waals surface area contributed by atoms with E-state index >= 15 is 0 Å². The zero-order valence-corrected chi connectivity index (χ0v) is 43.7. The molecule has 0 N–H and O–H groups in total. The van der Waals surface area contributed by atoms with Gasteiger partial charge in [0.15, 0.2) is 8.07 Å². The Kier molecular flexibility index (Phi) is 20.6. The van der Waals surface area contributed by atoms with Gasteiger partial charge in [-0.2, -0.15) is 6.42 Å². The van der Waals surface area contributed by atoms with E-state index in [1.807, 2.05) is 72.9 Å². The van der Waals surface area contributed by atoms with E-state index in [0.717, 1.165) is 33.4 Å². The molecule has 0 aliphatic rings. The van der Waals surface area contributed by atoms with Crippen LogP contribution in [-0.2, 0) is 0 Å². The third kappa shape index (κ3) is 13.3. The van der Waals surface area contributed by atoms with Gasteiger partial charge in [-0.05, 0) is 72.7 Å². The molecule has 0 fully saturated rings. The second-order valence-corrected chi connectivity index (χ2v) is 25.5. The molecule has 2 aromatic heterocycles. The molecule has 0 radical (unpaired) electrons. The van der Waals surface area contributed by atoms with Gasteiger partial charge in [0, 0.05) is 28.0 Å². The standard InChI is InChI=1S/C29H23NSi.C18H15ClSi.C11H8BrN.C4H9.Li/c1-4-14-25(15-5-1)31(26-16-6-2-7-17-26,27-18-8-3-9-19-27)28-20-12-13-24(23-28)29-21-10-11-22-30-29;19-20(16-10-4-1-5-11-16,17-12-6-2-7-13-17)18-14-8-3-9-15-18;12-10-5-3-4-9(8-10)11-6-1-2-7-13-11;1-3-4-2;/h1-23H;1-15H;1-8H;1,3-4H2,2H3;/q;;;-1;+1. The molecule has 0 unspecified atom stereocenters. The number of aromatic nitrogens is 2. The summed E-state index contributed by atoms with van der Waals surface area (Å²) in [5.41, 5.74) is 4.29. The van der Waals surface area contributed by atoms with Gasteiger partial charge >= 0.3 is 18.9 Å². The van der Waals surface area contributed by atoms with Gasteiger partial charge in [-0.15, -0.1) is 11.1 Å². The van der Waals surface area contributed by atoms with Gasteiger partial charge in [0.25, 0.3) is 0 Å². The van der Waals surface area contributed by atoms with Crippen LogP contribution in [0.2, 0.25) is 0 Å². The maximum atomic E-state index is 7.25. The zero-order chi connectivity index (χ0) is 47.3. The summed E-state index contributed by atoms with van der Waals surface area (Å²) in [5, 5.41) is 9.16. The van der Waals surface area contributed by atoms with Gasteiger partial charge in [-0.3, -0.25) is 9.97 Å². The van der Waals surface area contributed by atoms with Crippen molar-refractivity contribution in [2.75, 3.05) is 0 Å². The van der Waals surface area contributed by atoms with E-state index in [0.29, 0.717) is 0 Å². The van der Waals surface area contributed by atoms with Gasteiger partial charge < -0.3 is 6.92 Å². The molecule has 69 heavy (non-hydrogen) atoms. The number of unbranched alkanes of at least 4 members (excludes halogenated alkanes) is 1. The molecule has 2 nitrogen and oxygen atoms in total. The Balaban J connectivity index is 0.000000176. The van der Waals surface area contributed by atoms with Crippen LogP contribution in [0, 0.1) is 6.92 Å². The van der Waals surface area contributed by atoms with E-state index in [1.165, 1.54) is 42.7 Å². The molecule has 0 aliphatic heterocycles. The fraction of sp³-hybridized carbons (Fsp3) is 0.0484. The Morgan fingerprint density at radius 2 is 0.696 bits per heavy atom. The summed E-state index contributed by atoms with van der Waals surface area (Å²) in [6.07, 6.45) is 5.94. The largest absolute Gasteiger partial charge is 1.00 e. The van der Waals surface area contributed by atoms with E-state index in [9.17, 15) is 0 Å². The summed E-state index contributed by atoms with van der Waals surface area (Å²) in [4.78, 5) is 8.88. The van der Waals surface area contributed by atoms with Crippen molar-refractivity contribution in [3.63, 3.8) is 0 Å². The van der Waals surface area contributed by atoms with E-state index in [2.05, 4.69) is 240 Å². The first-order valence-corrected chi connectivity index (χ1v) is 28.8. The molecule has 336 valence electrons. The SMILES string of the molecule is Brc1cccc(-c2ccccn2)c1.Cl[Si](c1ccccc1)(c1ccccc1)c1ccccc1.[CH2-]CCC.[Li+].c1ccc([Si](c2ccccc2)(c2ccccc2)c2cccc(-c3ccccn3)c2)cc1. The van der Waals surface area contributed by atoms with Crippen LogP contribution in [0.5, 0.6) is 0 Å². The summed E-state index contributed by atoms with van der Waals surface area (Å²) in [7, 11) is -4.90. The van der Waals surface area contributed by atoms with E-state index in [1.54, 1.807) is 6.20 Å². The molecule has 0 atom stereocenters. The Labute approximate surface area is 437 Å². The van der Waals surface area contributed by atoms with Crippen molar-refractivity contribution in [2.24, 2.45) is 0 Å². The van der Waals surface area contributed by atoms with Crippen molar-refractivity contribution in [3.05, 3.63) is 291 Å². The third-order valence-corrected chi connectivity index (χ3v) is 22.1. The molecule has 10 rings (SSSR count). The second kappa shape index (κ2) is 27.2. The molecular formula is C62H55BrClLiN2Si2. The van der Waals surface area contributed by atoms with Gasteiger partial charge in [-0.25, -0.2) is 0 Å². The first-order chi connectivity index (χ1) is 33.5. The number of hydrogen-bond donors (Lipinski definition) is 0. The minimum Gasteiger partial charge on any atom is -0.343 e. The number of benzene rings is 8. The summed E-state index contributed by atoms with van der Waals surface area (Å²) in [6.45, 7) is 5.72. The number of halogens is 2. The summed E-state index contributed by atoms with van der Waals surface area (Å²) in [5.74, 6) is 0. The molecule has 0 saturated heterocycles. The van der Waals surface area contributed by atoms with Gasteiger partial charge in [0.1, 0.15) is 0 Å². The number of rotatable bonds is 10. The van der Waals surface area contributed by atoms with Crippen molar-refractivity contribution in [2.45, 2.75) is 19.8 Å². The third-order valence-electron chi connectivity index (χ3n) is 11.5. The van der Waals surface area contributed by atoms with Crippen LogP contribution >= 0.6 is 27.0 Å². The summed E-state index contributed by atoms with van der Waals surface area (Å²) in [6, 6.07) is 93.4. The first kappa shape index (κ1) is 52.2. The summed E-state index contributed by atoms with van der Waals surface area (Å²) < 4.78 is 1.08. The molecule has 0 spiro atoms. The average molecular weight is 1010 g/mol. The van der Waals surface area contributed by atoms with Crippen LogP contribution in [0.1, 0.15) is 19.8 Å². The predicted octanol–water partition coefficient (Wildman–Crippen LogP) is 9.15. The van der Waals surface area contributed by atoms with Crippen LogP contribution in [-0.4, -0.2) is 25.4 Å². The maximum Gasteiger partial charge on any atom is 1.00 e. The molecule has 0 saturated carbocycles. The number of nitrogens with zero attached hydrogens (tertiary/aromatic N) is 2. The van der Waals surface area contributed by atoms with Crippen LogP contribution in [0.3, 0.4) is 0 Å². The molecule has 8 aromatic carbocycles. The van der Waals surface area contributed by atoms with E-state index in [-0.39, 0.29) is 18.9 Å². The van der Waals surface area contributed by atoms with E-state index in [4.69, 9.17) is 11.1 Å². The monoisotopic (exact) mass is 1000 g/mol. The Bertz CT molecular complexity index is 2780. The van der Waals surface area contributed by atoms with Crippen molar-refractivity contribution < 1.29 is 18.9 Å². The van der Waals surface area contributed by atoms with Gasteiger partial charge in [0.2, 0.25) is 7.38 Å². The minimum atomic E-state index is -2.49. The molecular weight excluding hydrogens is 951 g/mol. The van der Waals surface area contributed by atoms with Crippen LogP contribution in [0.4, 0.5) is 0 Å². The van der Waals surface area contributed by atoms with Crippen molar-refractivity contribution in [1.29, 1.82) is 0 Å². The summed E-state index contributed by atoms with van der Waals surface area (Å²) >= 11 is 10.7. The number of pyridine rings is 2. The fourth-order valence-corrected chi connectivity index (χ4v) is 17.5. The van der Waals surface area contributed by atoms with Crippen molar-refractivity contribution in [3.8, 4) is 22.5 Å². The van der Waals surface area contributed by atoms with Crippen LogP contribution < -0.4 is 55.2 Å². The van der Waals surface area contributed by atoms with Gasteiger partial charge in [0.05, 0.1) is 11.4 Å². The first-order valence-electron chi connectivity index (χ1n) is 23.0. The van der Waals surface area contributed by atoms with Crippen molar-refractivity contribution >= 4 is 78.8 Å². The molecule has 7 heteroatoms. The Morgan fingerprint density at radius 1 is 0.391 bits per heavy atom. The molecule has 10 aromatic rings. The number of hydrogen-bond acceptors (Lipinski definition) is 2. The maximum absolute atomic E-state index is 7.25. The van der Waals surface area contributed by atoms with E-state index < -0.39 is 15.5 Å². The normalized spacial score (nSPS) is 10.6. The van der Waals surface area contributed by atoms with Gasteiger partial charge in [-0.1, -0.05) is 260 Å². The quantitative estimate of drug-likeness (QED) is 0.0592. The topological polar surface area (TPSA) is 25.8 Å². The minimum absolute atomic E-state index is 0. The second-order valence-electron chi connectivity index (χ2n) is 16.0. The molecule has 0 amide bonds. The molecule has 2 heterocycles. The predicted molar refractivity (Wildman–Crippen MR) is 301 cm³/mol. The molecule has 0 aliphatic carbocycles. The Morgan fingerprint density at radius 3 is 1.01 bits per heavy atom. The average Bonchev–Trinajstić information content (AvgIpc) is 3.43.